The molecule has 0 atom stereocenters. The number of pyridine rings is 1. The minimum atomic E-state index is -0.141. The molecule has 0 fully saturated rings. The first-order valence-electron chi connectivity index (χ1n) is 7.42. The number of rotatable bonds is 5. The second-order valence-corrected chi connectivity index (χ2v) is 5.59. The molecule has 1 N–H and O–H groups in total. The molecule has 0 aliphatic rings. The van der Waals surface area contributed by atoms with E-state index in [1.807, 2.05) is 25.1 Å². The number of hydrogen-bond acceptors (Lipinski definition) is 5. The van der Waals surface area contributed by atoms with E-state index in [4.69, 9.17) is 16.1 Å². The van der Waals surface area contributed by atoms with E-state index in [1.165, 1.54) is 0 Å². The molecule has 0 spiro atoms. The molecular weight excluding hydrogens is 328 g/mol. The number of benzene rings is 1. The van der Waals surface area contributed by atoms with Crippen LogP contribution in [0.3, 0.4) is 0 Å². The molecule has 1 amide bonds. The van der Waals surface area contributed by atoms with Crippen molar-refractivity contribution in [1.29, 1.82) is 0 Å². The molecule has 7 heteroatoms. The lowest BCUT2D eigenvalue weighted by atomic mass is 10.2. The minimum Gasteiger partial charge on any atom is -0.339 e. The average Bonchev–Trinajstić information content (AvgIpc) is 3.07. The number of nitrogens with one attached hydrogen (secondary N) is 1. The summed E-state index contributed by atoms with van der Waals surface area (Å²) in [6, 6.07) is 10.8. The SMILES string of the molecule is Cc1c(Cl)cccc1NC(=O)CCc1nc(-c2ccccn2)no1. The first-order valence-corrected chi connectivity index (χ1v) is 7.80. The average molecular weight is 343 g/mol. The standard InChI is InChI=1S/C17H15ClN4O2/c1-11-12(18)5-4-7-13(11)20-15(23)8-9-16-21-17(22-24-16)14-6-2-3-10-19-14/h2-7,10H,8-9H2,1H3,(H,20,23). The zero-order valence-corrected chi connectivity index (χ0v) is 13.7. The number of aryl methyl sites for hydroxylation is 1. The molecule has 0 saturated carbocycles. The van der Waals surface area contributed by atoms with Crippen molar-refractivity contribution in [2.75, 3.05) is 5.32 Å². The summed E-state index contributed by atoms with van der Waals surface area (Å²) in [6.07, 6.45) is 2.24. The van der Waals surface area contributed by atoms with Crippen LogP contribution in [0.4, 0.5) is 5.69 Å². The first-order chi connectivity index (χ1) is 11.6. The summed E-state index contributed by atoms with van der Waals surface area (Å²) in [5, 5.41) is 7.33. The van der Waals surface area contributed by atoms with Gasteiger partial charge in [-0.1, -0.05) is 28.9 Å². The summed E-state index contributed by atoms with van der Waals surface area (Å²) < 4.78 is 5.16. The Kier molecular flexibility index (Phi) is 4.86. The molecule has 24 heavy (non-hydrogen) atoms. The molecule has 122 valence electrons. The number of aromatic nitrogens is 3. The van der Waals surface area contributed by atoms with Crippen LogP contribution < -0.4 is 5.32 Å². The summed E-state index contributed by atoms with van der Waals surface area (Å²) in [5.74, 6) is 0.670. The molecule has 3 aromatic rings. The Hall–Kier alpha value is -2.73. The largest absolute Gasteiger partial charge is 0.339 e. The van der Waals surface area contributed by atoms with Crippen LogP contribution in [0.2, 0.25) is 5.02 Å². The topological polar surface area (TPSA) is 80.9 Å². The third-order valence-electron chi connectivity index (χ3n) is 3.47. The third-order valence-corrected chi connectivity index (χ3v) is 3.88. The lowest BCUT2D eigenvalue weighted by molar-refractivity contribution is -0.116. The van der Waals surface area contributed by atoms with E-state index in [0.717, 1.165) is 5.56 Å². The van der Waals surface area contributed by atoms with Gasteiger partial charge in [0.05, 0.1) is 0 Å². The van der Waals surface area contributed by atoms with Crippen molar-refractivity contribution >= 4 is 23.2 Å². The van der Waals surface area contributed by atoms with Gasteiger partial charge in [-0.25, -0.2) is 0 Å². The van der Waals surface area contributed by atoms with Crippen LogP contribution >= 0.6 is 11.6 Å². The van der Waals surface area contributed by atoms with Crippen LogP contribution in [0.5, 0.6) is 0 Å². The monoisotopic (exact) mass is 342 g/mol. The predicted octanol–water partition coefficient (Wildman–Crippen LogP) is 3.66. The van der Waals surface area contributed by atoms with Gasteiger partial charge in [0, 0.05) is 29.7 Å². The molecule has 1 aromatic carbocycles. The number of amides is 1. The first kappa shape index (κ1) is 16.1. The smallest absolute Gasteiger partial charge is 0.227 e. The van der Waals surface area contributed by atoms with Gasteiger partial charge in [0.2, 0.25) is 17.6 Å². The number of anilines is 1. The van der Waals surface area contributed by atoms with Crippen molar-refractivity contribution in [1.82, 2.24) is 15.1 Å². The number of nitrogens with zero attached hydrogens (tertiary/aromatic N) is 3. The van der Waals surface area contributed by atoms with Crippen molar-refractivity contribution in [3.05, 3.63) is 59.1 Å². The lowest BCUT2D eigenvalue weighted by Gasteiger charge is -2.08. The summed E-state index contributed by atoms with van der Waals surface area (Å²) in [4.78, 5) is 20.5. The fraction of sp³-hybridized carbons (Fsp3) is 0.176. The van der Waals surface area contributed by atoms with E-state index in [9.17, 15) is 4.79 Å². The Balaban J connectivity index is 1.59. The molecule has 0 saturated heterocycles. The second-order valence-electron chi connectivity index (χ2n) is 5.19. The summed E-state index contributed by atoms with van der Waals surface area (Å²) in [7, 11) is 0. The van der Waals surface area contributed by atoms with Crippen LogP contribution in [0.1, 0.15) is 17.9 Å². The van der Waals surface area contributed by atoms with Gasteiger partial charge in [-0.15, -0.1) is 0 Å². The Morgan fingerprint density at radius 2 is 2.12 bits per heavy atom. The zero-order valence-electron chi connectivity index (χ0n) is 13.0. The quantitative estimate of drug-likeness (QED) is 0.765. The Morgan fingerprint density at radius 3 is 2.92 bits per heavy atom. The maximum atomic E-state index is 12.1. The summed E-state index contributed by atoms with van der Waals surface area (Å²) in [5.41, 5.74) is 2.17. The molecule has 6 nitrogen and oxygen atoms in total. The summed E-state index contributed by atoms with van der Waals surface area (Å²) in [6.45, 7) is 1.86. The molecule has 0 unspecified atom stereocenters. The van der Waals surface area contributed by atoms with Crippen LogP contribution in [-0.2, 0) is 11.2 Å². The van der Waals surface area contributed by atoms with Gasteiger partial charge < -0.3 is 9.84 Å². The Morgan fingerprint density at radius 1 is 1.25 bits per heavy atom. The van der Waals surface area contributed by atoms with E-state index in [-0.39, 0.29) is 12.3 Å². The maximum Gasteiger partial charge on any atom is 0.227 e. The molecule has 0 aliphatic carbocycles. The third kappa shape index (κ3) is 3.78. The second kappa shape index (κ2) is 7.23. The predicted molar refractivity (Wildman–Crippen MR) is 90.7 cm³/mol. The van der Waals surface area contributed by atoms with Gasteiger partial charge in [0.15, 0.2) is 0 Å². The van der Waals surface area contributed by atoms with E-state index >= 15 is 0 Å². The van der Waals surface area contributed by atoms with Crippen molar-refractivity contribution in [3.8, 4) is 11.5 Å². The van der Waals surface area contributed by atoms with Crippen LogP contribution in [0, 0.1) is 6.92 Å². The Labute approximate surface area is 143 Å². The lowest BCUT2D eigenvalue weighted by Crippen LogP contribution is -2.13. The van der Waals surface area contributed by atoms with Gasteiger partial charge in [-0.05, 0) is 36.8 Å². The van der Waals surface area contributed by atoms with E-state index in [2.05, 4.69) is 20.4 Å². The number of carbonyl (C=O) groups is 1. The molecule has 0 aliphatic heterocycles. The zero-order chi connectivity index (χ0) is 16.9. The van der Waals surface area contributed by atoms with Crippen molar-refractivity contribution in [2.45, 2.75) is 19.8 Å². The van der Waals surface area contributed by atoms with Crippen molar-refractivity contribution in [3.63, 3.8) is 0 Å². The fourth-order valence-corrected chi connectivity index (χ4v) is 2.31. The van der Waals surface area contributed by atoms with E-state index in [1.54, 1.807) is 24.4 Å². The van der Waals surface area contributed by atoms with Gasteiger partial charge in [0.25, 0.3) is 0 Å². The highest BCUT2D eigenvalue weighted by Crippen LogP contribution is 2.23. The van der Waals surface area contributed by atoms with Gasteiger partial charge in [-0.2, -0.15) is 4.98 Å². The number of hydrogen-bond donors (Lipinski definition) is 1. The van der Waals surface area contributed by atoms with Crippen LogP contribution in [-0.4, -0.2) is 21.0 Å². The highest BCUT2D eigenvalue weighted by atomic mass is 35.5. The summed E-state index contributed by atoms with van der Waals surface area (Å²) >= 11 is 6.04. The molecule has 3 rings (SSSR count). The normalized spacial score (nSPS) is 10.6. The highest BCUT2D eigenvalue weighted by molar-refractivity contribution is 6.31. The maximum absolute atomic E-state index is 12.1. The van der Waals surface area contributed by atoms with Crippen molar-refractivity contribution < 1.29 is 9.32 Å². The molecule has 2 heterocycles. The van der Waals surface area contributed by atoms with Crippen LogP contribution in [0.15, 0.2) is 47.1 Å². The van der Waals surface area contributed by atoms with Gasteiger partial charge in [-0.3, -0.25) is 9.78 Å². The Bertz CT molecular complexity index is 849. The molecule has 0 radical (unpaired) electrons. The number of carbonyl (C=O) groups excluding carboxylic acids is 1. The number of halogens is 1. The van der Waals surface area contributed by atoms with Gasteiger partial charge >= 0.3 is 0 Å². The molecule has 0 bridgehead atoms. The molecule has 2 aromatic heterocycles. The van der Waals surface area contributed by atoms with Crippen LogP contribution in [0.25, 0.3) is 11.5 Å². The minimum absolute atomic E-state index is 0.141. The molecular formula is C17H15ClN4O2. The van der Waals surface area contributed by atoms with Crippen molar-refractivity contribution in [2.24, 2.45) is 0 Å². The van der Waals surface area contributed by atoms with E-state index in [0.29, 0.717) is 34.5 Å². The fourth-order valence-electron chi connectivity index (χ4n) is 2.13. The van der Waals surface area contributed by atoms with Gasteiger partial charge in [0.1, 0.15) is 5.69 Å². The highest BCUT2D eigenvalue weighted by Gasteiger charge is 2.12. The van der Waals surface area contributed by atoms with E-state index < -0.39 is 0 Å².